The van der Waals surface area contributed by atoms with Gasteiger partial charge in [0.05, 0.1) is 13.1 Å². The van der Waals surface area contributed by atoms with Gasteiger partial charge in [0.2, 0.25) is 5.91 Å². The van der Waals surface area contributed by atoms with Gasteiger partial charge in [0.15, 0.2) is 6.61 Å². The molecule has 5 nitrogen and oxygen atoms in total. The summed E-state index contributed by atoms with van der Waals surface area (Å²) in [4.78, 5) is 30.5. The monoisotopic (exact) mass is 436 g/mol. The van der Waals surface area contributed by atoms with Crippen molar-refractivity contribution in [2.45, 2.75) is 26.4 Å². The topological polar surface area (TPSA) is 49.9 Å². The molecular weight excluding hydrogens is 408 g/mol. The minimum absolute atomic E-state index is 0.0447. The van der Waals surface area contributed by atoms with Gasteiger partial charge in [-0.25, -0.2) is 0 Å². The molecule has 0 bridgehead atoms. The van der Waals surface area contributed by atoms with Crippen molar-refractivity contribution in [1.82, 2.24) is 9.80 Å². The molecule has 0 saturated heterocycles. The molecule has 0 aliphatic rings. The van der Waals surface area contributed by atoms with E-state index >= 15 is 0 Å². The fraction of sp³-hybridized carbons (Fsp3) is 0.280. The van der Waals surface area contributed by atoms with Gasteiger partial charge in [0.25, 0.3) is 5.91 Å². The van der Waals surface area contributed by atoms with Crippen LogP contribution in [0.5, 0.6) is 5.75 Å². The molecule has 0 atom stereocenters. The number of thiophene rings is 1. The lowest BCUT2D eigenvalue weighted by molar-refractivity contribution is -0.142. The van der Waals surface area contributed by atoms with E-state index in [1.165, 1.54) is 0 Å². The van der Waals surface area contributed by atoms with Gasteiger partial charge in [-0.3, -0.25) is 9.59 Å². The Morgan fingerprint density at radius 2 is 1.55 bits per heavy atom. The summed E-state index contributed by atoms with van der Waals surface area (Å²) < 4.78 is 5.60. The number of ether oxygens (including phenoxy) is 1. The third kappa shape index (κ3) is 7.26. The minimum Gasteiger partial charge on any atom is -0.484 e. The summed E-state index contributed by atoms with van der Waals surface area (Å²) in [6, 6.07) is 23.2. The first-order chi connectivity index (χ1) is 15.2. The van der Waals surface area contributed by atoms with Crippen molar-refractivity contribution in [2.24, 2.45) is 0 Å². The highest BCUT2D eigenvalue weighted by atomic mass is 32.1. The molecular formula is C25H28N2O3S. The van der Waals surface area contributed by atoms with Crippen LogP contribution in [0.2, 0.25) is 0 Å². The molecule has 2 amide bonds. The second-order valence-electron chi connectivity index (χ2n) is 7.23. The summed E-state index contributed by atoms with van der Waals surface area (Å²) in [6.07, 6.45) is 0.772. The summed E-state index contributed by atoms with van der Waals surface area (Å²) in [5.41, 5.74) is 1.06. The van der Waals surface area contributed by atoms with Crippen LogP contribution in [0, 0.1) is 0 Å². The lowest BCUT2D eigenvalue weighted by Gasteiger charge is -2.27. The number of amides is 2. The van der Waals surface area contributed by atoms with E-state index < -0.39 is 0 Å². The van der Waals surface area contributed by atoms with Gasteiger partial charge in [-0.05, 0) is 35.6 Å². The van der Waals surface area contributed by atoms with Gasteiger partial charge in [0.1, 0.15) is 5.75 Å². The van der Waals surface area contributed by atoms with Crippen LogP contribution in [0.1, 0.15) is 23.8 Å². The predicted octanol–water partition coefficient (Wildman–Crippen LogP) is 4.59. The van der Waals surface area contributed by atoms with Crippen LogP contribution >= 0.6 is 11.3 Å². The molecule has 0 radical (unpaired) electrons. The molecule has 0 aliphatic carbocycles. The average Bonchev–Trinajstić information content (AvgIpc) is 3.31. The summed E-state index contributed by atoms with van der Waals surface area (Å²) in [5.74, 6) is 0.385. The lowest BCUT2D eigenvalue weighted by Crippen LogP contribution is -2.44. The van der Waals surface area contributed by atoms with E-state index in [-0.39, 0.29) is 25.0 Å². The van der Waals surface area contributed by atoms with Gasteiger partial charge >= 0.3 is 0 Å². The van der Waals surface area contributed by atoms with E-state index in [2.05, 4.69) is 0 Å². The molecule has 31 heavy (non-hydrogen) atoms. The van der Waals surface area contributed by atoms with Crippen LogP contribution in [0.25, 0.3) is 0 Å². The number of para-hydroxylation sites is 1. The maximum Gasteiger partial charge on any atom is 0.260 e. The van der Waals surface area contributed by atoms with Crippen molar-refractivity contribution < 1.29 is 14.3 Å². The van der Waals surface area contributed by atoms with E-state index in [9.17, 15) is 9.59 Å². The normalized spacial score (nSPS) is 10.5. The lowest BCUT2D eigenvalue weighted by atomic mass is 10.2. The molecule has 2 aromatic carbocycles. The van der Waals surface area contributed by atoms with Gasteiger partial charge in [-0.1, -0.05) is 61.5 Å². The standard InChI is InChI=1S/C25H28N2O3S/c1-2-15-26(25(29)20-30-22-12-7-4-8-13-22)19-24(28)27(18-23-14-9-16-31-23)17-21-10-5-3-6-11-21/h3-14,16H,2,15,17-20H2,1H3. The maximum absolute atomic E-state index is 13.2. The number of benzene rings is 2. The Hall–Kier alpha value is -3.12. The van der Waals surface area contributed by atoms with E-state index in [0.29, 0.717) is 25.4 Å². The molecule has 162 valence electrons. The Morgan fingerprint density at radius 3 is 2.19 bits per heavy atom. The molecule has 0 fully saturated rings. The molecule has 6 heteroatoms. The molecule has 1 aromatic heterocycles. The van der Waals surface area contributed by atoms with E-state index in [1.807, 2.05) is 90.0 Å². The number of nitrogens with zero attached hydrogens (tertiary/aromatic N) is 2. The van der Waals surface area contributed by atoms with Gasteiger partial charge in [-0.15, -0.1) is 11.3 Å². The summed E-state index contributed by atoms with van der Waals surface area (Å²) >= 11 is 1.63. The summed E-state index contributed by atoms with van der Waals surface area (Å²) in [5, 5.41) is 2.01. The van der Waals surface area contributed by atoms with Crippen molar-refractivity contribution in [3.8, 4) is 5.75 Å². The minimum atomic E-state index is -0.185. The van der Waals surface area contributed by atoms with Crippen LogP contribution in [0.3, 0.4) is 0 Å². The van der Waals surface area contributed by atoms with Crippen LogP contribution in [-0.4, -0.2) is 41.3 Å². The third-order valence-electron chi connectivity index (χ3n) is 4.77. The Balaban J connectivity index is 1.66. The zero-order valence-corrected chi connectivity index (χ0v) is 18.6. The molecule has 1 heterocycles. The second-order valence-corrected chi connectivity index (χ2v) is 8.26. The van der Waals surface area contributed by atoms with Crippen molar-refractivity contribution in [3.63, 3.8) is 0 Å². The molecule has 3 aromatic rings. The quantitative estimate of drug-likeness (QED) is 0.442. The zero-order valence-electron chi connectivity index (χ0n) is 17.8. The Bertz CT molecular complexity index is 930. The number of hydrogen-bond acceptors (Lipinski definition) is 4. The fourth-order valence-corrected chi connectivity index (χ4v) is 3.92. The Morgan fingerprint density at radius 1 is 0.839 bits per heavy atom. The van der Waals surface area contributed by atoms with E-state index in [4.69, 9.17) is 4.74 Å². The largest absolute Gasteiger partial charge is 0.484 e. The maximum atomic E-state index is 13.2. The zero-order chi connectivity index (χ0) is 21.9. The van der Waals surface area contributed by atoms with Crippen LogP contribution < -0.4 is 4.74 Å². The second kappa shape index (κ2) is 11.9. The fourth-order valence-electron chi connectivity index (χ4n) is 3.20. The van der Waals surface area contributed by atoms with Crippen LogP contribution in [-0.2, 0) is 22.7 Å². The molecule has 0 N–H and O–H groups in total. The van der Waals surface area contributed by atoms with Crippen molar-refractivity contribution in [1.29, 1.82) is 0 Å². The smallest absolute Gasteiger partial charge is 0.260 e. The summed E-state index contributed by atoms with van der Waals surface area (Å²) in [7, 11) is 0. The number of carbonyl (C=O) groups is 2. The first kappa shape index (κ1) is 22.6. The van der Waals surface area contributed by atoms with Crippen LogP contribution in [0.4, 0.5) is 0 Å². The Labute approximate surface area is 187 Å². The first-order valence-corrected chi connectivity index (χ1v) is 11.3. The number of hydrogen-bond donors (Lipinski definition) is 0. The van der Waals surface area contributed by atoms with Gasteiger partial charge in [-0.2, -0.15) is 0 Å². The highest BCUT2D eigenvalue weighted by Crippen LogP contribution is 2.15. The molecule has 3 rings (SSSR count). The molecule has 0 saturated carbocycles. The van der Waals surface area contributed by atoms with Crippen LogP contribution in [0.15, 0.2) is 78.2 Å². The number of rotatable bonds is 11. The number of carbonyl (C=O) groups excluding carboxylic acids is 2. The van der Waals surface area contributed by atoms with E-state index in [1.54, 1.807) is 16.2 Å². The van der Waals surface area contributed by atoms with Crippen molar-refractivity contribution in [3.05, 3.63) is 88.6 Å². The molecule has 0 aliphatic heterocycles. The highest BCUT2D eigenvalue weighted by molar-refractivity contribution is 7.09. The summed E-state index contributed by atoms with van der Waals surface area (Å²) in [6.45, 7) is 3.51. The highest BCUT2D eigenvalue weighted by Gasteiger charge is 2.22. The SMILES string of the molecule is CCCN(CC(=O)N(Cc1ccccc1)Cc1cccs1)C(=O)COc1ccccc1. The van der Waals surface area contributed by atoms with E-state index in [0.717, 1.165) is 16.9 Å². The van der Waals surface area contributed by atoms with Gasteiger partial charge in [0, 0.05) is 18.0 Å². The molecule has 0 spiro atoms. The Kier molecular flexibility index (Phi) is 8.67. The van der Waals surface area contributed by atoms with Crippen molar-refractivity contribution in [2.75, 3.05) is 19.7 Å². The predicted molar refractivity (Wildman–Crippen MR) is 124 cm³/mol. The third-order valence-corrected chi connectivity index (χ3v) is 5.63. The average molecular weight is 437 g/mol. The van der Waals surface area contributed by atoms with Gasteiger partial charge < -0.3 is 14.5 Å². The van der Waals surface area contributed by atoms with Crippen molar-refractivity contribution >= 4 is 23.2 Å². The molecule has 0 unspecified atom stereocenters. The first-order valence-electron chi connectivity index (χ1n) is 10.5.